The predicted octanol–water partition coefficient (Wildman–Crippen LogP) is 1.01. The molecule has 0 atom stereocenters. The lowest BCUT2D eigenvalue weighted by Crippen LogP contribution is -2.34. The molecule has 0 amide bonds. The van der Waals surface area contributed by atoms with Crippen LogP contribution < -0.4 is 5.46 Å². The first-order valence-corrected chi connectivity index (χ1v) is 3.51. The van der Waals surface area contributed by atoms with Gasteiger partial charge in [-0.1, -0.05) is 23.7 Å². The smallest absolute Gasteiger partial charge is 0.264 e. The zero-order valence-corrected chi connectivity index (χ0v) is 6.73. The molecule has 1 rings (SSSR count). The molecule has 4 nitrogen and oxygen atoms in total. The van der Waals surface area contributed by atoms with Gasteiger partial charge in [0.15, 0.2) is 0 Å². The minimum atomic E-state index is -1.19. The summed E-state index contributed by atoms with van der Waals surface area (Å²) in [7, 11) is -1.19. The minimum Gasteiger partial charge on any atom is -0.264 e. The molecule has 0 bridgehead atoms. The first kappa shape index (κ1) is 9.50. The summed E-state index contributed by atoms with van der Waals surface area (Å²) in [5, 5.41) is 17.0. The lowest BCUT2D eigenvalue weighted by atomic mass is 9.80. The Hall–Kier alpha value is -0.585. The van der Waals surface area contributed by atoms with Crippen LogP contribution in [-0.4, -0.2) is 17.6 Å². The van der Waals surface area contributed by atoms with Crippen LogP contribution in [-0.2, 0) is 9.61 Å². The summed E-state index contributed by atoms with van der Waals surface area (Å²) in [4.78, 5) is 7.62. The van der Waals surface area contributed by atoms with Gasteiger partial charge in [0.05, 0.1) is 0 Å². The van der Waals surface area contributed by atoms with Gasteiger partial charge in [-0.25, -0.2) is 0 Å². The molecule has 12 heavy (non-hydrogen) atoms. The van der Waals surface area contributed by atoms with Crippen LogP contribution in [0.1, 0.15) is 0 Å². The van der Waals surface area contributed by atoms with E-state index in [1.165, 1.54) is 0 Å². The van der Waals surface area contributed by atoms with Gasteiger partial charge in [0.2, 0.25) is 0 Å². The Morgan fingerprint density at radius 3 is 2.00 bits per heavy atom. The van der Waals surface area contributed by atoms with E-state index in [1.54, 1.807) is 24.3 Å². The summed E-state index contributed by atoms with van der Waals surface area (Å²) in [6.45, 7) is 0. The van der Waals surface area contributed by atoms with Gasteiger partial charge in [0.1, 0.15) is 0 Å². The van der Waals surface area contributed by atoms with Crippen molar-refractivity contribution in [2.24, 2.45) is 0 Å². The zero-order valence-electron chi connectivity index (χ0n) is 5.98. The number of hydrogen-bond acceptors (Lipinski definition) is 4. The second-order valence-corrected chi connectivity index (χ2v) is 2.53. The second-order valence-electron chi connectivity index (χ2n) is 2.09. The Balaban J connectivity index is 2.80. The van der Waals surface area contributed by atoms with E-state index >= 15 is 0 Å². The maximum atomic E-state index is 8.23. The number of rotatable bonds is 3. The first-order valence-electron chi connectivity index (χ1n) is 3.14. The molecular formula is C6H6BClO4. The Morgan fingerprint density at radius 2 is 1.58 bits per heavy atom. The summed E-state index contributed by atoms with van der Waals surface area (Å²) < 4.78 is 0. The van der Waals surface area contributed by atoms with Gasteiger partial charge in [-0.3, -0.25) is 20.1 Å². The lowest BCUT2D eigenvalue weighted by Gasteiger charge is -2.03. The highest BCUT2D eigenvalue weighted by molar-refractivity contribution is 6.60. The summed E-state index contributed by atoms with van der Waals surface area (Å²) in [5.74, 6) is 0. The monoisotopic (exact) mass is 188 g/mol. The van der Waals surface area contributed by atoms with E-state index in [0.717, 1.165) is 0 Å². The highest BCUT2D eigenvalue weighted by Crippen LogP contribution is 2.04. The molecule has 64 valence electrons. The molecule has 0 radical (unpaired) electrons. The van der Waals surface area contributed by atoms with E-state index in [4.69, 9.17) is 22.1 Å². The average molecular weight is 188 g/mol. The second kappa shape index (κ2) is 4.44. The molecule has 0 aliphatic rings. The van der Waals surface area contributed by atoms with Crippen molar-refractivity contribution in [2.45, 2.75) is 0 Å². The number of benzene rings is 1. The Bertz CT molecular complexity index is 236. The molecule has 0 heterocycles. The molecule has 6 heteroatoms. The quantitative estimate of drug-likeness (QED) is 0.422. The molecule has 0 aliphatic heterocycles. The van der Waals surface area contributed by atoms with E-state index in [0.29, 0.717) is 10.5 Å². The topological polar surface area (TPSA) is 58.9 Å². The highest BCUT2D eigenvalue weighted by Gasteiger charge is 2.21. The van der Waals surface area contributed by atoms with Gasteiger partial charge in [0.25, 0.3) is 0 Å². The van der Waals surface area contributed by atoms with Crippen LogP contribution in [0.15, 0.2) is 24.3 Å². The van der Waals surface area contributed by atoms with E-state index in [1.807, 2.05) is 0 Å². The Labute approximate surface area is 74.3 Å². The summed E-state index contributed by atoms with van der Waals surface area (Å²) >= 11 is 5.60. The Morgan fingerprint density at radius 1 is 1.08 bits per heavy atom. The van der Waals surface area contributed by atoms with Gasteiger partial charge in [-0.15, -0.1) is 0 Å². The van der Waals surface area contributed by atoms with Crippen molar-refractivity contribution < 1.29 is 20.1 Å². The Kier molecular flexibility index (Phi) is 3.52. The molecule has 0 fully saturated rings. The molecule has 1 aromatic carbocycles. The van der Waals surface area contributed by atoms with Crippen molar-refractivity contribution in [3.8, 4) is 0 Å². The van der Waals surface area contributed by atoms with Gasteiger partial charge in [-0.05, 0) is 17.6 Å². The van der Waals surface area contributed by atoms with Gasteiger partial charge in [-0.2, -0.15) is 0 Å². The van der Waals surface area contributed by atoms with Crippen molar-refractivity contribution >= 4 is 24.2 Å². The standard InChI is InChI=1S/C6H6BClO4/c8-6-3-1-5(2-4-6)7(11-9)12-10/h1-4,9-10H. The van der Waals surface area contributed by atoms with Crippen LogP contribution in [0.5, 0.6) is 0 Å². The van der Waals surface area contributed by atoms with Gasteiger partial charge < -0.3 is 0 Å². The fourth-order valence-electron chi connectivity index (χ4n) is 0.761. The maximum absolute atomic E-state index is 8.23. The van der Waals surface area contributed by atoms with Crippen LogP contribution in [0.2, 0.25) is 5.02 Å². The lowest BCUT2D eigenvalue weighted by molar-refractivity contribution is -0.221. The molecule has 0 saturated heterocycles. The molecular weight excluding hydrogens is 182 g/mol. The van der Waals surface area contributed by atoms with Crippen molar-refractivity contribution in [1.29, 1.82) is 0 Å². The van der Waals surface area contributed by atoms with Crippen LogP contribution in [0, 0.1) is 0 Å². The number of halogens is 1. The van der Waals surface area contributed by atoms with Crippen LogP contribution in [0.4, 0.5) is 0 Å². The van der Waals surface area contributed by atoms with Crippen molar-refractivity contribution in [3.05, 3.63) is 29.3 Å². The first-order chi connectivity index (χ1) is 5.77. The summed E-state index contributed by atoms with van der Waals surface area (Å²) in [5.41, 5.74) is 0.462. The van der Waals surface area contributed by atoms with Gasteiger partial charge >= 0.3 is 7.12 Å². The van der Waals surface area contributed by atoms with E-state index < -0.39 is 7.12 Å². The summed E-state index contributed by atoms with van der Waals surface area (Å²) in [6.07, 6.45) is 0. The van der Waals surface area contributed by atoms with E-state index in [9.17, 15) is 0 Å². The SMILES string of the molecule is OOB(OO)c1ccc(Cl)cc1. The average Bonchev–Trinajstić information content (AvgIpc) is 2.10. The molecule has 2 N–H and O–H groups in total. The fourth-order valence-corrected chi connectivity index (χ4v) is 0.887. The molecule has 0 saturated carbocycles. The van der Waals surface area contributed by atoms with Crippen LogP contribution >= 0.6 is 11.6 Å². The van der Waals surface area contributed by atoms with Crippen molar-refractivity contribution in [1.82, 2.24) is 0 Å². The predicted molar refractivity (Wildman–Crippen MR) is 44.3 cm³/mol. The summed E-state index contributed by atoms with van der Waals surface area (Å²) in [6, 6.07) is 6.28. The third-order valence-corrected chi connectivity index (χ3v) is 1.59. The third-order valence-electron chi connectivity index (χ3n) is 1.33. The van der Waals surface area contributed by atoms with Crippen LogP contribution in [0.3, 0.4) is 0 Å². The van der Waals surface area contributed by atoms with Crippen molar-refractivity contribution in [3.63, 3.8) is 0 Å². The number of hydrogen-bond donors (Lipinski definition) is 2. The zero-order chi connectivity index (χ0) is 8.97. The molecule has 1 aromatic rings. The fraction of sp³-hybridized carbons (Fsp3) is 0. The van der Waals surface area contributed by atoms with E-state index in [-0.39, 0.29) is 0 Å². The molecule has 0 unspecified atom stereocenters. The molecule has 0 aliphatic carbocycles. The minimum absolute atomic E-state index is 0.462. The molecule has 0 aromatic heterocycles. The highest BCUT2D eigenvalue weighted by atomic mass is 35.5. The van der Waals surface area contributed by atoms with Gasteiger partial charge in [0, 0.05) is 5.02 Å². The maximum Gasteiger partial charge on any atom is 0.554 e. The van der Waals surface area contributed by atoms with Crippen molar-refractivity contribution in [2.75, 3.05) is 0 Å². The van der Waals surface area contributed by atoms with Crippen LogP contribution in [0.25, 0.3) is 0 Å². The largest absolute Gasteiger partial charge is 0.554 e. The third kappa shape index (κ3) is 2.20. The molecule has 0 spiro atoms. The normalized spacial score (nSPS) is 9.92. The van der Waals surface area contributed by atoms with E-state index in [2.05, 4.69) is 9.61 Å².